The van der Waals surface area contributed by atoms with Crippen LogP contribution in [0.15, 0.2) is 17.2 Å². The number of nitrogens with one attached hydrogen (secondary N) is 1. The summed E-state index contributed by atoms with van der Waals surface area (Å²) in [5.74, 6) is -0.973. The Bertz CT molecular complexity index is 552. The highest BCUT2D eigenvalue weighted by Crippen LogP contribution is 2.31. The molecule has 0 atom stereocenters. The average molecular weight is 269 g/mol. The lowest BCUT2D eigenvalue weighted by molar-refractivity contribution is -0.114. The van der Waals surface area contributed by atoms with Gasteiger partial charge in [-0.1, -0.05) is 11.6 Å². The predicted octanol–water partition coefficient (Wildman–Crippen LogP) is 2.76. The largest absolute Gasteiger partial charge is 0.496 e. The van der Waals surface area contributed by atoms with Gasteiger partial charge in [0, 0.05) is 17.9 Å². The summed E-state index contributed by atoms with van der Waals surface area (Å²) in [6.07, 6.45) is 0. The van der Waals surface area contributed by atoms with Crippen molar-refractivity contribution >= 4 is 29.1 Å². The molecule has 1 aromatic carbocycles. The molecule has 94 valence electrons. The van der Waals surface area contributed by atoms with Gasteiger partial charge in [-0.15, -0.1) is 0 Å². The first-order valence-electron chi connectivity index (χ1n) is 4.74. The summed E-state index contributed by atoms with van der Waals surface area (Å²) < 4.78 is 4.98. The Morgan fingerprint density at radius 1 is 1.50 bits per heavy atom. The highest BCUT2D eigenvalue weighted by molar-refractivity contribution is 6.34. The molecule has 1 N–H and O–H groups in total. The Morgan fingerprint density at radius 2 is 2.17 bits per heavy atom. The van der Waals surface area contributed by atoms with Crippen LogP contribution in [0.2, 0.25) is 5.02 Å². The summed E-state index contributed by atoms with van der Waals surface area (Å²) in [6, 6.07) is 2.65. The van der Waals surface area contributed by atoms with E-state index in [2.05, 4.69) is 15.3 Å². The van der Waals surface area contributed by atoms with E-state index in [4.69, 9.17) is 21.9 Å². The third-order valence-electron chi connectivity index (χ3n) is 1.97. The summed E-state index contributed by atoms with van der Waals surface area (Å²) in [5, 5.41) is 5.57. The molecule has 0 aliphatic carbocycles. The molecule has 1 aromatic rings. The number of benzene rings is 1. The molecule has 0 radical (unpaired) electrons. The zero-order valence-corrected chi connectivity index (χ0v) is 10.4. The summed E-state index contributed by atoms with van der Waals surface area (Å²) in [7, 11) is 1.34. The van der Waals surface area contributed by atoms with E-state index in [9.17, 15) is 9.59 Å². The van der Waals surface area contributed by atoms with Gasteiger partial charge in [-0.25, -0.2) is 0 Å². The molecule has 7 nitrogen and oxygen atoms in total. The fourth-order valence-corrected chi connectivity index (χ4v) is 1.48. The quantitative estimate of drug-likeness (QED) is 0.517. The van der Waals surface area contributed by atoms with Gasteiger partial charge < -0.3 is 10.1 Å². The Balaban J connectivity index is 3.30. The van der Waals surface area contributed by atoms with Gasteiger partial charge in [0.2, 0.25) is 5.91 Å². The van der Waals surface area contributed by atoms with Crippen molar-refractivity contribution in [2.75, 3.05) is 12.4 Å². The lowest BCUT2D eigenvalue weighted by Crippen LogP contribution is -2.08. The molecular formula is C10H9ClN4O3. The predicted molar refractivity (Wildman–Crippen MR) is 65.8 cm³/mol. The zero-order valence-electron chi connectivity index (χ0n) is 9.60. The van der Waals surface area contributed by atoms with E-state index in [-0.39, 0.29) is 22.2 Å². The van der Waals surface area contributed by atoms with Crippen molar-refractivity contribution in [2.24, 2.45) is 5.11 Å². The SMILES string of the molecule is COc1cc(NC(C)=O)c(Cl)cc1C(=O)N=[N+]=[N-]. The highest BCUT2D eigenvalue weighted by atomic mass is 35.5. The van der Waals surface area contributed by atoms with Gasteiger partial charge in [-0.2, -0.15) is 0 Å². The first kappa shape index (κ1) is 13.8. The van der Waals surface area contributed by atoms with Crippen molar-refractivity contribution in [3.8, 4) is 5.75 Å². The van der Waals surface area contributed by atoms with Crippen molar-refractivity contribution in [1.82, 2.24) is 0 Å². The lowest BCUT2D eigenvalue weighted by Gasteiger charge is -2.10. The van der Waals surface area contributed by atoms with Crippen molar-refractivity contribution in [3.05, 3.63) is 33.2 Å². The molecular weight excluding hydrogens is 260 g/mol. The van der Waals surface area contributed by atoms with Gasteiger partial charge in [0.05, 0.1) is 23.4 Å². The number of nitrogens with zero attached hydrogens (tertiary/aromatic N) is 3. The van der Waals surface area contributed by atoms with Crippen molar-refractivity contribution in [3.63, 3.8) is 0 Å². The van der Waals surface area contributed by atoms with Crippen LogP contribution in [0.25, 0.3) is 10.4 Å². The van der Waals surface area contributed by atoms with Crippen LogP contribution in [0.5, 0.6) is 5.75 Å². The van der Waals surface area contributed by atoms with Crippen molar-refractivity contribution in [2.45, 2.75) is 6.92 Å². The number of rotatable bonds is 3. The van der Waals surface area contributed by atoms with E-state index in [0.29, 0.717) is 5.69 Å². The maximum absolute atomic E-state index is 11.5. The maximum atomic E-state index is 11.5. The first-order chi connectivity index (χ1) is 8.49. The minimum absolute atomic E-state index is 0.0226. The molecule has 0 aliphatic rings. The van der Waals surface area contributed by atoms with Crippen LogP contribution in [0.4, 0.5) is 5.69 Å². The molecule has 0 heterocycles. The van der Waals surface area contributed by atoms with E-state index >= 15 is 0 Å². The van der Waals surface area contributed by atoms with Crippen LogP contribution < -0.4 is 10.1 Å². The van der Waals surface area contributed by atoms with Gasteiger partial charge >= 0.3 is 0 Å². The summed E-state index contributed by atoms with van der Waals surface area (Å²) >= 11 is 5.89. The molecule has 0 saturated heterocycles. The second-order valence-electron chi connectivity index (χ2n) is 3.21. The van der Waals surface area contributed by atoms with Crippen LogP contribution in [0.3, 0.4) is 0 Å². The molecule has 0 aromatic heterocycles. The van der Waals surface area contributed by atoms with Gasteiger partial charge in [0.25, 0.3) is 5.91 Å². The Kier molecular flexibility index (Phi) is 4.53. The van der Waals surface area contributed by atoms with Gasteiger partial charge in [0.15, 0.2) is 0 Å². The number of azide groups is 1. The molecule has 0 fully saturated rings. The monoisotopic (exact) mass is 268 g/mol. The van der Waals surface area contributed by atoms with Gasteiger partial charge in [0.1, 0.15) is 5.75 Å². The van der Waals surface area contributed by atoms with Crippen molar-refractivity contribution < 1.29 is 14.3 Å². The molecule has 0 aliphatic heterocycles. The molecule has 0 unspecified atom stereocenters. The van der Waals surface area contributed by atoms with E-state index in [1.807, 2.05) is 0 Å². The topological polar surface area (TPSA) is 104 Å². The van der Waals surface area contributed by atoms with E-state index in [1.54, 1.807) is 0 Å². The van der Waals surface area contributed by atoms with Crippen LogP contribution in [-0.2, 0) is 4.79 Å². The van der Waals surface area contributed by atoms with Gasteiger partial charge in [-0.3, -0.25) is 9.59 Å². The standard InChI is InChI=1S/C10H9ClN4O3/c1-5(16)13-8-4-9(18-2)6(3-7(8)11)10(17)14-15-12/h3-4H,1-2H3,(H,13,16). The number of hydrogen-bond acceptors (Lipinski definition) is 3. The number of anilines is 1. The Labute approximate surface area is 107 Å². The first-order valence-corrected chi connectivity index (χ1v) is 5.12. The Hall–Kier alpha value is -2.24. The van der Waals surface area contributed by atoms with Crippen LogP contribution in [-0.4, -0.2) is 18.9 Å². The van der Waals surface area contributed by atoms with Gasteiger partial charge in [-0.05, 0) is 16.7 Å². The maximum Gasteiger partial charge on any atom is 0.252 e. The molecule has 0 bridgehead atoms. The zero-order chi connectivity index (χ0) is 13.7. The second-order valence-corrected chi connectivity index (χ2v) is 3.62. The average Bonchev–Trinajstić information content (AvgIpc) is 2.31. The highest BCUT2D eigenvalue weighted by Gasteiger charge is 2.15. The smallest absolute Gasteiger partial charge is 0.252 e. The molecule has 8 heteroatoms. The van der Waals surface area contributed by atoms with Crippen LogP contribution in [0.1, 0.15) is 17.3 Å². The normalized spacial score (nSPS) is 9.28. The van der Waals surface area contributed by atoms with Crippen LogP contribution in [0, 0.1) is 0 Å². The Morgan fingerprint density at radius 3 is 2.67 bits per heavy atom. The number of carbonyl (C=O) groups excluding carboxylic acids is 2. The number of halogens is 1. The van der Waals surface area contributed by atoms with Crippen LogP contribution >= 0.6 is 11.6 Å². The molecule has 1 rings (SSSR count). The summed E-state index contributed by atoms with van der Waals surface area (Å²) in [6.45, 7) is 1.32. The molecule has 18 heavy (non-hydrogen) atoms. The third kappa shape index (κ3) is 3.13. The van der Waals surface area contributed by atoms with E-state index < -0.39 is 5.91 Å². The number of methoxy groups -OCH3 is 1. The number of hydrogen-bond donors (Lipinski definition) is 1. The van der Waals surface area contributed by atoms with Crippen molar-refractivity contribution in [1.29, 1.82) is 0 Å². The van der Waals surface area contributed by atoms with E-state index in [1.165, 1.54) is 26.2 Å². The lowest BCUT2D eigenvalue weighted by atomic mass is 10.1. The number of amides is 2. The molecule has 0 spiro atoms. The summed E-state index contributed by atoms with van der Waals surface area (Å²) in [4.78, 5) is 24.8. The minimum atomic E-state index is -0.814. The fourth-order valence-electron chi connectivity index (χ4n) is 1.27. The second kappa shape index (κ2) is 5.90. The number of ether oxygens (including phenoxy) is 1. The number of carbonyl (C=O) groups is 2. The van der Waals surface area contributed by atoms with E-state index in [0.717, 1.165) is 0 Å². The fraction of sp³-hybridized carbons (Fsp3) is 0.200. The molecule has 2 amide bonds. The third-order valence-corrected chi connectivity index (χ3v) is 2.28. The minimum Gasteiger partial charge on any atom is -0.496 e. The summed E-state index contributed by atoms with van der Waals surface area (Å²) in [5.41, 5.74) is 8.54. The molecule has 0 saturated carbocycles.